The summed E-state index contributed by atoms with van der Waals surface area (Å²) in [7, 11) is 0. The number of amides is 1. The Balaban J connectivity index is 2.00. The second kappa shape index (κ2) is 5.97. The molecule has 2 N–H and O–H groups in total. The molecule has 1 aromatic carbocycles. The van der Waals surface area contributed by atoms with E-state index in [0.29, 0.717) is 16.6 Å². The van der Waals surface area contributed by atoms with Crippen LogP contribution in [-0.4, -0.2) is 23.4 Å². The number of nitrogens with zero attached hydrogens (tertiary/aromatic N) is 1. The summed E-state index contributed by atoms with van der Waals surface area (Å²) in [6.07, 6.45) is 4.69. The molecular weight excluding hydrogens is 348 g/mol. The average molecular weight is 367 g/mol. The minimum Gasteiger partial charge on any atom is -0.397 e. The van der Waals surface area contributed by atoms with Crippen LogP contribution in [0.2, 0.25) is 0 Å². The lowest BCUT2D eigenvalue weighted by Gasteiger charge is -2.27. The molecule has 0 radical (unpaired) electrons. The van der Waals surface area contributed by atoms with Crippen LogP contribution >= 0.6 is 27.3 Å². The molecule has 1 aromatic heterocycles. The topological polar surface area (TPSA) is 46.3 Å². The predicted molar refractivity (Wildman–Crippen MR) is 92.9 cm³/mol. The van der Waals surface area contributed by atoms with E-state index in [-0.39, 0.29) is 5.91 Å². The first-order valence-electron chi connectivity index (χ1n) is 7.41. The first kappa shape index (κ1) is 14.9. The van der Waals surface area contributed by atoms with E-state index in [0.717, 1.165) is 33.9 Å². The summed E-state index contributed by atoms with van der Waals surface area (Å²) >= 11 is 5.03. The van der Waals surface area contributed by atoms with Crippen molar-refractivity contribution < 1.29 is 4.79 Å². The van der Waals surface area contributed by atoms with Crippen molar-refractivity contribution >= 4 is 48.9 Å². The summed E-state index contributed by atoms with van der Waals surface area (Å²) in [6, 6.07) is 6.35. The van der Waals surface area contributed by atoms with Gasteiger partial charge in [-0.2, -0.15) is 0 Å². The summed E-state index contributed by atoms with van der Waals surface area (Å²) in [4.78, 5) is 15.6. The van der Waals surface area contributed by atoms with Crippen LogP contribution in [0, 0.1) is 0 Å². The van der Waals surface area contributed by atoms with E-state index in [1.807, 2.05) is 23.1 Å². The highest BCUT2D eigenvalue weighted by molar-refractivity contribution is 9.10. The highest BCUT2D eigenvalue weighted by atomic mass is 79.9. The maximum Gasteiger partial charge on any atom is 0.266 e. The molecule has 0 unspecified atom stereocenters. The fraction of sp³-hybridized carbons (Fsp3) is 0.438. The molecule has 0 aliphatic heterocycles. The number of fused-ring (bicyclic) bond motifs is 1. The van der Waals surface area contributed by atoms with Crippen molar-refractivity contribution in [2.24, 2.45) is 0 Å². The molecule has 21 heavy (non-hydrogen) atoms. The van der Waals surface area contributed by atoms with Gasteiger partial charge in [0.1, 0.15) is 4.88 Å². The van der Waals surface area contributed by atoms with Gasteiger partial charge in [0.2, 0.25) is 0 Å². The van der Waals surface area contributed by atoms with E-state index in [9.17, 15) is 4.79 Å². The Labute approximate surface area is 137 Å². The maximum absolute atomic E-state index is 12.9. The third-order valence-corrected chi connectivity index (χ3v) is 6.08. The zero-order valence-corrected chi connectivity index (χ0v) is 14.5. The minimum atomic E-state index is 0.0926. The van der Waals surface area contributed by atoms with Crippen molar-refractivity contribution in [2.75, 3.05) is 12.3 Å². The van der Waals surface area contributed by atoms with Crippen molar-refractivity contribution in [3.63, 3.8) is 0 Å². The average Bonchev–Trinajstić information content (AvgIpc) is 3.09. The molecule has 1 amide bonds. The number of nitrogen functional groups attached to an aromatic ring is 1. The van der Waals surface area contributed by atoms with Crippen molar-refractivity contribution in [3.05, 3.63) is 27.5 Å². The Morgan fingerprint density at radius 3 is 2.76 bits per heavy atom. The van der Waals surface area contributed by atoms with Crippen molar-refractivity contribution in [2.45, 2.75) is 38.6 Å². The Morgan fingerprint density at radius 2 is 2.14 bits per heavy atom. The van der Waals surface area contributed by atoms with Gasteiger partial charge in [-0.1, -0.05) is 34.8 Å². The van der Waals surface area contributed by atoms with Gasteiger partial charge in [-0.05, 0) is 31.9 Å². The molecule has 0 saturated heterocycles. The lowest BCUT2D eigenvalue weighted by molar-refractivity contribution is 0.0699. The van der Waals surface area contributed by atoms with Crippen LogP contribution in [0.15, 0.2) is 22.7 Å². The van der Waals surface area contributed by atoms with Crippen LogP contribution in [0.25, 0.3) is 10.1 Å². The molecule has 1 aliphatic rings. The number of halogens is 1. The van der Waals surface area contributed by atoms with Gasteiger partial charge in [0.05, 0.1) is 5.69 Å². The molecule has 1 aliphatic carbocycles. The van der Waals surface area contributed by atoms with E-state index in [1.165, 1.54) is 24.2 Å². The van der Waals surface area contributed by atoms with Gasteiger partial charge in [-0.3, -0.25) is 4.79 Å². The maximum atomic E-state index is 12.9. The first-order chi connectivity index (χ1) is 10.1. The van der Waals surface area contributed by atoms with Crippen LogP contribution in [0.5, 0.6) is 0 Å². The van der Waals surface area contributed by atoms with Crippen LogP contribution in [0.3, 0.4) is 0 Å². The molecule has 3 rings (SSSR count). The highest BCUT2D eigenvalue weighted by Gasteiger charge is 2.29. The molecule has 3 nitrogen and oxygen atoms in total. The molecule has 1 fully saturated rings. The summed E-state index contributed by atoms with van der Waals surface area (Å²) in [5, 5.41) is 0.966. The number of nitrogens with two attached hydrogens (primary N) is 1. The van der Waals surface area contributed by atoms with Crippen LogP contribution in [0.4, 0.5) is 5.69 Å². The number of carbonyl (C=O) groups is 1. The molecule has 0 spiro atoms. The number of hydrogen-bond donors (Lipinski definition) is 1. The quantitative estimate of drug-likeness (QED) is 0.858. The summed E-state index contributed by atoms with van der Waals surface area (Å²) in [5.74, 6) is 0.0926. The summed E-state index contributed by atoms with van der Waals surface area (Å²) in [6.45, 7) is 2.80. The number of rotatable bonds is 3. The van der Waals surface area contributed by atoms with Gasteiger partial charge in [-0.15, -0.1) is 11.3 Å². The molecule has 0 atom stereocenters. The third kappa shape index (κ3) is 2.57. The lowest BCUT2D eigenvalue weighted by Crippen LogP contribution is -2.38. The van der Waals surface area contributed by atoms with Crippen molar-refractivity contribution in [1.82, 2.24) is 4.90 Å². The SMILES string of the molecule is CCN(C(=O)c1sc2cccc(Br)c2c1N)C1CCCC1. The molecule has 112 valence electrons. The van der Waals surface area contributed by atoms with Crippen molar-refractivity contribution in [3.8, 4) is 0 Å². The first-order valence-corrected chi connectivity index (χ1v) is 9.02. The Morgan fingerprint density at radius 1 is 1.43 bits per heavy atom. The van der Waals surface area contributed by atoms with Crippen LogP contribution < -0.4 is 5.73 Å². The van der Waals surface area contributed by atoms with E-state index in [1.54, 1.807) is 0 Å². The van der Waals surface area contributed by atoms with Crippen molar-refractivity contribution in [1.29, 1.82) is 0 Å². The molecule has 1 saturated carbocycles. The van der Waals surface area contributed by atoms with Gasteiger partial charge in [-0.25, -0.2) is 0 Å². The van der Waals surface area contributed by atoms with E-state index in [4.69, 9.17) is 5.73 Å². The fourth-order valence-electron chi connectivity index (χ4n) is 3.20. The van der Waals surface area contributed by atoms with Crippen LogP contribution in [-0.2, 0) is 0 Å². The largest absolute Gasteiger partial charge is 0.397 e. The standard InChI is InChI=1S/C16H19BrN2OS/c1-2-19(10-6-3-4-7-10)16(20)15-14(18)13-11(17)8-5-9-12(13)21-15/h5,8-10H,2-4,6-7,18H2,1H3. The monoisotopic (exact) mass is 366 g/mol. The second-order valence-electron chi connectivity index (χ2n) is 5.49. The Hall–Kier alpha value is -1.07. The van der Waals surface area contributed by atoms with Gasteiger partial charge in [0.15, 0.2) is 0 Å². The zero-order chi connectivity index (χ0) is 15.0. The smallest absolute Gasteiger partial charge is 0.266 e. The molecule has 5 heteroatoms. The number of carbonyl (C=O) groups excluding carboxylic acids is 1. The fourth-order valence-corrected chi connectivity index (χ4v) is 5.02. The Bertz CT molecular complexity index is 676. The predicted octanol–water partition coefficient (Wildman–Crippen LogP) is 4.65. The van der Waals surface area contributed by atoms with E-state index < -0.39 is 0 Å². The highest BCUT2D eigenvalue weighted by Crippen LogP contribution is 2.39. The number of benzene rings is 1. The minimum absolute atomic E-state index is 0.0926. The normalized spacial score (nSPS) is 15.7. The summed E-state index contributed by atoms with van der Waals surface area (Å²) < 4.78 is 2.02. The summed E-state index contributed by atoms with van der Waals surface area (Å²) in [5.41, 5.74) is 6.88. The molecule has 2 aromatic rings. The molecule has 0 bridgehead atoms. The Kier molecular flexibility index (Phi) is 4.22. The van der Waals surface area contributed by atoms with Gasteiger partial charge in [0.25, 0.3) is 5.91 Å². The molecular formula is C16H19BrN2OS. The van der Waals surface area contributed by atoms with E-state index in [2.05, 4.69) is 22.9 Å². The van der Waals surface area contributed by atoms with Crippen LogP contribution in [0.1, 0.15) is 42.3 Å². The second-order valence-corrected chi connectivity index (χ2v) is 7.39. The lowest BCUT2D eigenvalue weighted by atomic mass is 10.1. The van der Waals surface area contributed by atoms with Gasteiger partial charge in [0, 0.05) is 27.1 Å². The van der Waals surface area contributed by atoms with Gasteiger partial charge >= 0.3 is 0 Å². The van der Waals surface area contributed by atoms with E-state index >= 15 is 0 Å². The number of thiophene rings is 1. The zero-order valence-electron chi connectivity index (χ0n) is 12.1. The molecule has 1 heterocycles. The van der Waals surface area contributed by atoms with Gasteiger partial charge < -0.3 is 10.6 Å². The third-order valence-electron chi connectivity index (χ3n) is 4.26. The number of hydrogen-bond acceptors (Lipinski definition) is 3. The number of anilines is 1.